The van der Waals surface area contributed by atoms with Crippen LogP contribution < -0.4 is 4.57 Å². The van der Waals surface area contributed by atoms with Crippen LogP contribution in [0.15, 0.2) is 18.5 Å². The molecule has 0 saturated carbocycles. The van der Waals surface area contributed by atoms with Crippen molar-refractivity contribution in [3.05, 3.63) is 29.6 Å². The minimum absolute atomic E-state index is 1.18. The van der Waals surface area contributed by atoms with Crippen molar-refractivity contribution in [2.75, 3.05) is 0 Å². The fourth-order valence-electron chi connectivity index (χ4n) is 2.90. The Morgan fingerprint density at radius 3 is 1.90 bits per heavy atom. The summed E-state index contributed by atoms with van der Waals surface area (Å²) in [5.41, 5.74) is 3.21. The molecule has 1 aromatic rings. The summed E-state index contributed by atoms with van der Waals surface area (Å²) in [6.07, 6.45) is 19.3. The maximum atomic E-state index is 2.44. The molecule has 0 atom stereocenters. The van der Waals surface area contributed by atoms with Crippen LogP contribution in [0.5, 0.6) is 0 Å². The first-order valence-corrected chi connectivity index (χ1v) is 9.32. The summed E-state index contributed by atoms with van der Waals surface area (Å²) >= 11 is 0. The molecule has 1 rings (SSSR count). The first-order valence-electron chi connectivity index (χ1n) is 9.32. The zero-order valence-electron chi connectivity index (χ0n) is 14.7. The molecule has 0 aliphatic carbocycles. The normalized spacial score (nSPS) is 11.0. The highest BCUT2D eigenvalue weighted by atomic mass is 14.9. The van der Waals surface area contributed by atoms with E-state index in [2.05, 4.69) is 43.8 Å². The average molecular weight is 291 g/mol. The van der Waals surface area contributed by atoms with Crippen LogP contribution in [0, 0.1) is 0 Å². The summed E-state index contributed by atoms with van der Waals surface area (Å²) in [7, 11) is 0. The number of hydrogen-bond acceptors (Lipinski definition) is 0. The number of hydrogen-bond donors (Lipinski definition) is 0. The van der Waals surface area contributed by atoms with Gasteiger partial charge in [-0.1, -0.05) is 52.9 Å². The second-order valence-electron chi connectivity index (χ2n) is 6.35. The minimum atomic E-state index is 1.18. The first kappa shape index (κ1) is 18.2. The van der Waals surface area contributed by atoms with Crippen LogP contribution in [-0.2, 0) is 19.4 Å². The predicted octanol–water partition coefficient (Wildman–Crippen LogP) is 5.63. The number of pyridine rings is 1. The summed E-state index contributed by atoms with van der Waals surface area (Å²) in [6.45, 7) is 8.04. The second kappa shape index (κ2) is 11.8. The molecular formula is C20H36N+. The van der Waals surface area contributed by atoms with E-state index in [-0.39, 0.29) is 0 Å². The van der Waals surface area contributed by atoms with Crippen LogP contribution in [0.1, 0.15) is 89.7 Å². The number of unbranched alkanes of at least 4 members (excludes halogenated alkanes) is 6. The summed E-state index contributed by atoms with van der Waals surface area (Å²) in [4.78, 5) is 0. The zero-order chi connectivity index (χ0) is 15.3. The lowest BCUT2D eigenvalue weighted by Gasteiger charge is -2.08. The number of aryl methyl sites for hydroxylation is 3. The van der Waals surface area contributed by atoms with Crippen molar-refractivity contribution >= 4 is 0 Å². The lowest BCUT2D eigenvalue weighted by atomic mass is 9.99. The van der Waals surface area contributed by atoms with Gasteiger partial charge in [0.1, 0.15) is 6.54 Å². The Morgan fingerprint density at radius 1 is 0.714 bits per heavy atom. The van der Waals surface area contributed by atoms with E-state index in [4.69, 9.17) is 0 Å². The van der Waals surface area contributed by atoms with Gasteiger partial charge in [-0.3, -0.25) is 0 Å². The van der Waals surface area contributed by atoms with Crippen molar-refractivity contribution in [3.8, 4) is 0 Å². The lowest BCUT2D eigenvalue weighted by molar-refractivity contribution is -0.697. The third kappa shape index (κ3) is 7.64. The van der Waals surface area contributed by atoms with E-state index in [0.717, 1.165) is 0 Å². The Morgan fingerprint density at radius 2 is 1.29 bits per heavy atom. The van der Waals surface area contributed by atoms with Crippen molar-refractivity contribution in [3.63, 3.8) is 0 Å². The molecule has 0 unspecified atom stereocenters. The highest BCUT2D eigenvalue weighted by Crippen LogP contribution is 2.14. The summed E-state index contributed by atoms with van der Waals surface area (Å²) in [5, 5.41) is 0. The van der Waals surface area contributed by atoms with Gasteiger partial charge in [-0.2, -0.15) is 0 Å². The fourth-order valence-corrected chi connectivity index (χ4v) is 2.90. The van der Waals surface area contributed by atoms with Crippen LogP contribution in [0.4, 0.5) is 0 Å². The van der Waals surface area contributed by atoms with E-state index in [1.54, 1.807) is 11.1 Å². The maximum absolute atomic E-state index is 2.44. The molecule has 0 saturated heterocycles. The van der Waals surface area contributed by atoms with E-state index in [0.29, 0.717) is 0 Å². The van der Waals surface area contributed by atoms with Gasteiger partial charge in [0, 0.05) is 18.1 Å². The summed E-state index contributed by atoms with van der Waals surface area (Å²) in [5.74, 6) is 0. The lowest BCUT2D eigenvalue weighted by Crippen LogP contribution is -2.33. The van der Waals surface area contributed by atoms with E-state index in [9.17, 15) is 0 Å². The van der Waals surface area contributed by atoms with Gasteiger partial charge < -0.3 is 0 Å². The SMILES string of the molecule is CCCCCc1cc[n+](CCCCC)cc1CCCCC. The number of rotatable bonds is 12. The van der Waals surface area contributed by atoms with Gasteiger partial charge in [-0.05, 0) is 37.7 Å². The molecule has 120 valence electrons. The second-order valence-corrected chi connectivity index (χ2v) is 6.35. The highest BCUT2D eigenvalue weighted by Gasteiger charge is 2.09. The summed E-state index contributed by atoms with van der Waals surface area (Å²) in [6, 6.07) is 2.39. The van der Waals surface area contributed by atoms with Crippen molar-refractivity contribution in [1.82, 2.24) is 0 Å². The van der Waals surface area contributed by atoms with Crippen molar-refractivity contribution < 1.29 is 4.57 Å². The molecule has 0 amide bonds. The van der Waals surface area contributed by atoms with Crippen LogP contribution >= 0.6 is 0 Å². The monoisotopic (exact) mass is 290 g/mol. The number of aromatic nitrogens is 1. The molecule has 0 N–H and O–H groups in total. The molecule has 0 fully saturated rings. The van der Waals surface area contributed by atoms with Gasteiger partial charge in [0.05, 0.1) is 0 Å². The molecule has 0 aliphatic rings. The Hall–Kier alpha value is -0.850. The van der Waals surface area contributed by atoms with Crippen molar-refractivity contribution in [2.45, 2.75) is 97.9 Å². The number of nitrogens with zero attached hydrogens (tertiary/aromatic N) is 1. The van der Waals surface area contributed by atoms with Gasteiger partial charge in [-0.25, -0.2) is 4.57 Å². The van der Waals surface area contributed by atoms with Gasteiger partial charge in [0.2, 0.25) is 0 Å². The topological polar surface area (TPSA) is 3.88 Å². The molecule has 1 nitrogen and oxygen atoms in total. The van der Waals surface area contributed by atoms with Crippen LogP contribution in [-0.4, -0.2) is 0 Å². The van der Waals surface area contributed by atoms with Crippen LogP contribution in [0.2, 0.25) is 0 Å². The smallest absolute Gasteiger partial charge is 0.172 e. The van der Waals surface area contributed by atoms with Crippen LogP contribution in [0.3, 0.4) is 0 Å². The maximum Gasteiger partial charge on any atom is 0.172 e. The zero-order valence-corrected chi connectivity index (χ0v) is 14.7. The minimum Gasteiger partial charge on any atom is -0.205 e. The highest BCUT2D eigenvalue weighted by molar-refractivity contribution is 5.21. The predicted molar refractivity (Wildman–Crippen MR) is 92.6 cm³/mol. The van der Waals surface area contributed by atoms with Crippen LogP contribution in [0.25, 0.3) is 0 Å². The molecule has 0 aliphatic heterocycles. The van der Waals surface area contributed by atoms with Gasteiger partial charge in [0.25, 0.3) is 0 Å². The molecule has 1 heteroatoms. The van der Waals surface area contributed by atoms with Crippen molar-refractivity contribution in [1.29, 1.82) is 0 Å². The molecule has 21 heavy (non-hydrogen) atoms. The molecule has 1 aromatic heterocycles. The average Bonchev–Trinajstić information content (AvgIpc) is 2.50. The molecule has 0 radical (unpaired) electrons. The third-order valence-electron chi connectivity index (χ3n) is 4.32. The van der Waals surface area contributed by atoms with Gasteiger partial charge >= 0.3 is 0 Å². The molecule has 1 heterocycles. The van der Waals surface area contributed by atoms with E-state index >= 15 is 0 Å². The third-order valence-corrected chi connectivity index (χ3v) is 4.32. The Bertz CT molecular complexity index is 370. The fraction of sp³-hybridized carbons (Fsp3) is 0.750. The molecular weight excluding hydrogens is 254 g/mol. The molecule has 0 bridgehead atoms. The Labute approximate surface area is 132 Å². The van der Waals surface area contributed by atoms with Crippen molar-refractivity contribution in [2.24, 2.45) is 0 Å². The first-order chi connectivity index (χ1) is 10.3. The van der Waals surface area contributed by atoms with E-state index in [1.165, 1.54) is 77.2 Å². The van der Waals surface area contributed by atoms with E-state index < -0.39 is 0 Å². The Kier molecular flexibility index (Phi) is 10.2. The van der Waals surface area contributed by atoms with E-state index in [1.807, 2.05) is 0 Å². The quantitative estimate of drug-likeness (QED) is 0.347. The molecule has 0 spiro atoms. The standard InChI is InChI=1S/C20H36N/c1-4-7-10-13-19-15-17-21(16-12-9-6-3)18-20(19)14-11-8-5-2/h15,17-18H,4-14,16H2,1-3H3/q+1. The summed E-state index contributed by atoms with van der Waals surface area (Å²) < 4.78 is 2.42. The largest absolute Gasteiger partial charge is 0.205 e. The molecule has 0 aromatic carbocycles. The van der Waals surface area contributed by atoms with Gasteiger partial charge in [0.15, 0.2) is 12.4 Å². The Balaban J connectivity index is 2.65. The van der Waals surface area contributed by atoms with Gasteiger partial charge in [-0.15, -0.1) is 0 Å².